The van der Waals surface area contributed by atoms with E-state index >= 15 is 0 Å². The van der Waals surface area contributed by atoms with Gasteiger partial charge in [-0.05, 0) is 74.0 Å². The van der Waals surface area contributed by atoms with Gasteiger partial charge < -0.3 is 4.74 Å². The second-order valence-corrected chi connectivity index (χ2v) is 11.6. The van der Waals surface area contributed by atoms with Gasteiger partial charge in [0.25, 0.3) is 0 Å². The van der Waals surface area contributed by atoms with Crippen LogP contribution in [0.25, 0.3) is 0 Å². The van der Waals surface area contributed by atoms with Crippen LogP contribution in [0.5, 0.6) is 5.75 Å². The summed E-state index contributed by atoms with van der Waals surface area (Å²) < 4.78 is 60.3. The van der Waals surface area contributed by atoms with Gasteiger partial charge in [-0.15, -0.1) is 0 Å². The van der Waals surface area contributed by atoms with Crippen LogP contribution in [0.4, 0.5) is 0 Å². The third kappa shape index (κ3) is 5.86. The van der Waals surface area contributed by atoms with Gasteiger partial charge in [0.2, 0.25) is 10.0 Å². The number of hydrogen-bond acceptors (Lipinski definition) is 6. The van der Waals surface area contributed by atoms with E-state index < -0.39 is 25.1 Å². The molecule has 0 saturated heterocycles. The predicted molar refractivity (Wildman–Crippen MR) is 123 cm³/mol. The smallest absolute Gasteiger partial charge is 0.240 e. The first-order valence-corrected chi connectivity index (χ1v) is 13.2. The predicted octanol–water partition coefficient (Wildman–Crippen LogP) is 4.02. The number of sulfone groups is 1. The monoisotopic (exact) mass is 494 g/mol. The van der Waals surface area contributed by atoms with Gasteiger partial charge in [0, 0.05) is 24.0 Å². The van der Waals surface area contributed by atoms with E-state index in [9.17, 15) is 16.8 Å². The Hall–Kier alpha value is -2.46. The molecule has 0 aliphatic rings. The third-order valence-electron chi connectivity index (χ3n) is 4.54. The molecule has 0 spiro atoms. The van der Waals surface area contributed by atoms with Gasteiger partial charge in [0.15, 0.2) is 9.84 Å². The molecule has 0 unspecified atom stereocenters. The first kappa shape index (κ1) is 24.2. The molecule has 1 atom stereocenters. The van der Waals surface area contributed by atoms with Crippen LogP contribution in [0.1, 0.15) is 24.7 Å². The molecule has 0 amide bonds. The quantitative estimate of drug-likeness (QED) is 0.482. The van der Waals surface area contributed by atoms with E-state index in [4.69, 9.17) is 16.3 Å². The van der Waals surface area contributed by atoms with Crippen LogP contribution in [0.15, 0.2) is 82.8 Å². The first-order valence-electron chi connectivity index (χ1n) is 9.75. The fourth-order valence-electron chi connectivity index (χ4n) is 3.00. The number of ether oxygens (including phenoxy) is 1. The van der Waals surface area contributed by atoms with Crippen molar-refractivity contribution >= 4 is 31.5 Å². The van der Waals surface area contributed by atoms with Crippen LogP contribution in [0, 0.1) is 0 Å². The minimum Gasteiger partial charge on any atom is -0.491 e. The minimum atomic E-state index is -3.97. The van der Waals surface area contributed by atoms with Gasteiger partial charge >= 0.3 is 0 Å². The Labute approximate surface area is 193 Å². The number of pyridine rings is 1. The molecule has 2 aromatic carbocycles. The fourth-order valence-corrected chi connectivity index (χ4v) is 5.92. The highest BCUT2D eigenvalue weighted by atomic mass is 35.5. The number of hydrogen-bond donors (Lipinski definition) is 1. The van der Waals surface area contributed by atoms with Crippen molar-refractivity contribution in [1.29, 1.82) is 0 Å². The van der Waals surface area contributed by atoms with Crippen molar-refractivity contribution in [2.75, 3.05) is 6.54 Å². The molecule has 0 aliphatic heterocycles. The number of nitrogens with one attached hydrogen (secondary N) is 1. The van der Waals surface area contributed by atoms with Crippen molar-refractivity contribution in [1.82, 2.24) is 9.71 Å². The average Bonchev–Trinajstić information content (AvgIpc) is 2.75. The van der Waals surface area contributed by atoms with Gasteiger partial charge in [-0.3, -0.25) is 4.98 Å². The summed E-state index contributed by atoms with van der Waals surface area (Å²) in [5.41, 5.74) is 0.367. The normalized spacial score (nSPS) is 13.1. The van der Waals surface area contributed by atoms with Crippen LogP contribution >= 0.6 is 11.6 Å². The van der Waals surface area contributed by atoms with Crippen LogP contribution in [-0.4, -0.2) is 34.5 Å². The molecule has 1 aromatic heterocycles. The number of rotatable bonds is 9. The molecule has 32 heavy (non-hydrogen) atoms. The Kier molecular flexibility index (Phi) is 7.55. The molecule has 10 heteroatoms. The molecular weight excluding hydrogens is 472 g/mol. The molecule has 170 valence electrons. The first-order chi connectivity index (χ1) is 15.1. The maximum Gasteiger partial charge on any atom is 0.240 e. The number of nitrogens with zero attached hydrogens (tertiary/aromatic N) is 1. The summed E-state index contributed by atoms with van der Waals surface area (Å²) in [4.78, 5) is 4.02. The van der Waals surface area contributed by atoms with Crippen molar-refractivity contribution in [2.24, 2.45) is 0 Å². The van der Waals surface area contributed by atoms with Crippen LogP contribution < -0.4 is 9.46 Å². The standard InChI is InChI=1S/C22H23ClN2O5S2/c1-16(2)30-19-7-11-21(12-8-19)32(28,29)25-15-22(17-4-3-13-24-14-17)31(26,27)20-9-5-18(23)6-10-20/h3-14,16,22,25H,15H2,1-2H3/t22-/m0/s1. The summed E-state index contributed by atoms with van der Waals surface area (Å²) in [7, 11) is -7.91. The summed E-state index contributed by atoms with van der Waals surface area (Å²) >= 11 is 5.88. The van der Waals surface area contributed by atoms with Crippen LogP contribution in [0.3, 0.4) is 0 Å². The molecule has 7 nitrogen and oxygen atoms in total. The zero-order valence-electron chi connectivity index (χ0n) is 17.5. The van der Waals surface area contributed by atoms with E-state index in [1.807, 2.05) is 13.8 Å². The summed E-state index contributed by atoms with van der Waals surface area (Å²) in [6.45, 7) is 3.36. The van der Waals surface area contributed by atoms with E-state index in [-0.39, 0.29) is 22.4 Å². The number of sulfonamides is 1. The number of benzene rings is 2. The maximum absolute atomic E-state index is 13.3. The van der Waals surface area contributed by atoms with Crippen molar-refractivity contribution in [3.8, 4) is 5.75 Å². The Balaban J connectivity index is 1.88. The lowest BCUT2D eigenvalue weighted by molar-refractivity contribution is 0.242. The SMILES string of the molecule is CC(C)Oc1ccc(S(=O)(=O)NC[C@@H](c2cccnc2)S(=O)(=O)c2ccc(Cl)cc2)cc1. The average molecular weight is 495 g/mol. The number of aromatic nitrogens is 1. The molecule has 0 radical (unpaired) electrons. The van der Waals surface area contributed by atoms with Gasteiger partial charge in [-0.2, -0.15) is 0 Å². The molecule has 3 aromatic rings. The summed E-state index contributed by atoms with van der Waals surface area (Å²) in [5.74, 6) is 0.539. The third-order valence-corrected chi connectivity index (χ3v) is 8.35. The molecule has 0 fully saturated rings. The minimum absolute atomic E-state index is 0.00225. The highest BCUT2D eigenvalue weighted by molar-refractivity contribution is 7.92. The maximum atomic E-state index is 13.3. The Morgan fingerprint density at radius 1 is 0.938 bits per heavy atom. The number of halogens is 1. The van der Waals surface area contributed by atoms with Crippen LogP contribution in [0.2, 0.25) is 5.02 Å². The van der Waals surface area contributed by atoms with Crippen molar-refractivity contribution in [2.45, 2.75) is 35.0 Å². The Bertz CT molecular complexity index is 1250. The van der Waals surface area contributed by atoms with E-state index in [2.05, 4.69) is 9.71 Å². The van der Waals surface area contributed by atoms with Crippen molar-refractivity contribution in [3.63, 3.8) is 0 Å². The van der Waals surface area contributed by atoms with Crippen molar-refractivity contribution in [3.05, 3.63) is 83.6 Å². The highest BCUT2D eigenvalue weighted by Crippen LogP contribution is 2.29. The van der Waals surface area contributed by atoms with Gasteiger partial charge in [-0.25, -0.2) is 21.6 Å². The van der Waals surface area contributed by atoms with E-state index in [1.54, 1.807) is 24.3 Å². The summed E-state index contributed by atoms with van der Waals surface area (Å²) in [5, 5.41) is -0.789. The lowest BCUT2D eigenvalue weighted by atomic mass is 10.2. The molecule has 0 bridgehead atoms. The fraction of sp³-hybridized carbons (Fsp3) is 0.227. The van der Waals surface area contributed by atoms with E-state index in [1.165, 1.54) is 48.8 Å². The van der Waals surface area contributed by atoms with Gasteiger partial charge in [0.1, 0.15) is 11.0 Å². The van der Waals surface area contributed by atoms with E-state index in [0.29, 0.717) is 16.3 Å². The van der Waals surface area contributed by atoms with Gasteiger partial charge in [-0.1, -0.05) is 17.7 Å². The summed E-state index contributed by atoms with van der Waals surface area (Å²) in [6, 6.07) is 14.8. The zero-order valence-corrected chi connectivity index (χ0v) is 19.9. The van der Waals surface area contributed by atoms with E-state index in [0.717, 1.165) is 0 Å². The van der Waals surface area contributed by atoms with Crippen LogP contribution in [-0.2, 0) is 19.9 Å². The Morgan fingerprint density at radius 2 is 1.56 bits per heavy atom. The second kappa shape index (κ2) is 9.99. The highest BCUT2D eigenvalue weighted by Gasteiger charge is 2.31. The Morgan fingerprint density at radius 3 is 2.12 bits per heavy atom. The molecule has 0 saturated carbocycles. The topological polar surface area (TPSA) is 102 Å². The molecule has 0 aliphatic carbocycles. The zero-order chi connectivity index (χ0) is 23.4. The molecule has 1 N–H and O–H groups in total. The van der Waals surface area contributed by atoms with Crippen molar-refractivity contribution < 1.29 is 21.6 Å². The van der Waals surface area contributed by atoms with Gasteiger partial charge in [0.05, 0.1) is 15.9 Å². The molecule has 3 rings (SSSR count). The summed E-state index contributed by atoms with van der Waals surface area (Å²) in [6.07, 6.45) is 2.87. The molecule has 1 heterocycles. The lowest BCUT2D eigenvalue weighted by Gasteiger charge is -2.19. The largest absolute Gasteiger partial charge is 0.491 e. The lowest BCUT2D eigenvalue weighted by Crippen LogP contribution is -2.32. The molecular formula is C22H23ClN2O5S2. The second-order valence-electron chi connectivity index (χ2n) is 7.26.